The monoisotopic (exact) mass is 186 g/mol. The number of likely N-dealkylation sites (N-methyl/N-ethyl adjacent to an activating group) is 1. The van der Waals surface area contributed by atoms with Crippen molar-refractivity contribution in [2.24, 2.45) is 5.73 Å². The second-order valence-corrected chi connectivity index (χ2v) is 3.88. The maximum atomic E-state index is 10.5. The predicted molar refractivity (Wildman–Crippen MR) is 50.5 cm³/mol. The van der Waals surface area contributed by atoms with E-state index in [1.54, 1.807) is 0 Å². The summed E-state index contributed by atoms with van der Waals surface area (Å²) in [5.41, 5.74) is 5.76. The number of carboxylic acid groups (broad SMARTS) is 1. The van der Waals surface area contributed by atoms with Crippen LogP contribution in [0.25, 0.3) is 0 Å². The molecule has 0 spiro atoms. The third kappa shape index (κ3) is 3.32. The fourth-order valence-corrected chi connectivity index (χ4v) is 1.88. The molecule has 76 valence electrons. The lowest BCUT2D eigenvalue weighted by Crippen LogP contribution is -2.40. The Bertz CT molecular complexity index is 176. The van der Waals surface area contributed by atoms with E-state index >= 15 is 0 Å². The lowest BCUT2D eigenvalue weighted by Gasteiger charge is -2.32. The van der Waals surface area contributed by atoms with Crippen LogP contribution in [0, 0.1) is 0 Å². The van der Waals surface area contributed by atoms with Gasteiger partial charge in [-0.3, -0.25) is 9.69 Å². The van der Waals surface area contributed by atoms with Gasteiger partial charge in [-0.25, -0.2) is 0 Å². The number of hydrogen-bond acceptors (Lipinski definition) is 3. The third-order valence-corrected chi connectivity index (χ3v) is 2.75. The molecular weight excluding hydrogens is 168 g/mol. The van der Waals surface area contributed by atoms with Gasteiger partial charge in [0.2, 0.25) is 0 Å². The van der Waals surface area contributed by atoms with Gasteiger partial charge < -0.3 is 10.8 Å². The largest absolute Gasteiger partial charge is 0.480 e. The van der Waals surface area contributed by atoms with Gasteiger partial charge in [0.25, 0.3) is 0 Å². The van der Waals surface area contributed by atoms with Crippen LogP contribution in [-0.4, -0.2) is 41.7 Å². The first kappa shape index (κ1) is 10.5. The molecule has 0 aromatic heterocycles. The lowest BCUT2D eigenvalue weighted by atomic mass is 9.91. The van der Waals surface area contributed by atoms with Gasteiger partial charge in [0.15, 0.2) is 0 Å². The van der Waals surface area contributed by atoms with Gasteiger partial charge in [-0.05, 0) is 32.7 Å². The molecule has 13 heavy (non-hydrogen) atoms. The van der Waals surface area contributed by atoms with Crippen molar-refractivity contribution in [3.8, 4) is 0 Å². The first-order valence-corrected chi connectivity index (χ1v) is 4.77. The van der Waals surface area contributed by atoms with Crippen LogP contribution in [0.5, 0.6) is 0 Å². The minimum Gasteiger partial charge on any atom is -0.480 e. The lowest BCUT2D eigenvalue weighted by molar-refractivity contribution is -0.138. The Morgan fingerprint density at radius 3 is 2.46 bits per heavy atom. The molecule has 0 radical (unpaired) electrons. The molecule has 0 amide bonds. The summed E-state index contributed by atoms with van der Waals surface area (Å²) in [5.74, 6) is -0.752. The molecule has 0 atom stereocenters. The van der Waals surface area contributed by atoms with Crippen molar-refractivity contribution in [2.45, 2.75) is 37.8 Å². The number of nitrogens with two attached hydrogens (primary N) is 1. The van der Waals surface area contributed by atoms with Gasteiger partial charge in [0.1, 0.15) is 0 Å². The quantitative estimate of drug-likeness (QED) is 0.664. The minimum absolute atomic E-state index is 0.139. The van der Waals surface area contributed by atoms with E-state index in [9.17, 15) is 4.79 Å². The van der Waals surface area contributed by atoms with Crippen molar-refractivity contribution in [1.82, 2.24) is 4.90 Å². The van der Waals surface area contributed by atoms with Crippen LogP contribution >= 0.6 is 0 Å². The fourth-order valence-electron chi connectivity index (χ4n) is 1.88. The predicted octanol–water partition coefficient (Wildman–Crippen LogP) is 0.273. The highest BCUT2D eigenvalue weighted by atomic mass is 16.4. The van der Waals surface area contributed by atoms with E-state index < -0.39 is 5.97 Å². The molecule has 1 aliphatic carbocycles. The third-order valence-electron chi connectivity index (χ3n) is 2.75. The molecule has 4 heteroatoms. The van der Waals surface area contributed by atoms with Crippen LogP contribution in [-0.2, 0) is 4.79 Å². The summed E-state index contributed by atoms with van der Waals surface area (Å²) in [5, 5.41) is 8.60. The Balaban J connectivity index is 2.31. The highest BCUT2D eigenvalue weighted by Crippen LogP contribution is 2.20. The topological polar surface area (TPSA) is 66.6 Å². The summed E-state index contributed by atoms with van der Waals surface area (Å²) in [4.78, 5) is 12.4. The van der Waals surface area contributed by atoms with Crippen molar-refractivity contribution < 1.29 is 9.90 Å². The number of aliphatic carboxylic acids is 1. The fraction of sp³-hybridized carbons (Fsp3) is 0.889. The number of rotatable bonds is 3. The molecule has 1 aliphatic rings. The number of nitrogens with zero attached hydrogens (tertiary/aromatic N) is 1. The summed E-state index contributed by atoms with van der Waals surface area (Å²) in [6.45, 7) is 0.139. The first-order chi connectivity index (χ1) is 6.09. The van der Waals surface area contributed by atoms with Crippen LogP contribution in [0.1, 0.15) is 25.7 Å². The highest BCUT2D eigenvalue weighted by molar-refractivity contribution is 5.69. The number of carboxylic acids is 1. The molecule has 0 heterocycles. The molecule has 1 saturated carbocycles. The second kappa shape index (κ2) is 4.58. The molecule has 1 rings (SSSR count). The summed E-state index contributed by atoms with van der Waals surface area (Å²) in [6.07, 6.45) is 4.11. The average molecular weight is 186 g/mol. The molecule has 0 aromatic carbocycles. The van der Waals surface area contributed by atoms with Gasteiger partial charge in [0, 0.05) is 12.1 Å². The minimum atomic E-state index is -0.752. The van der Waals surface area contributed by atoms with E-state index in [1.807, 2.05) is 11.9 Å². The van der Waals surface area contributed by atoms with Crippen molar-refractivity contribution in [2.75, 3.05) is 13.6 Å². The van der Waals surface area contributed by atoms with Gasteiger partial charge in [-0.15, -0.1) is 0 Å². The molecule has 4 nitrogen and oxygen atoms in total. The van der Waals surface area contributed by atoms with Gasteiger partial charge in [-0.2, -0.15) is 0 Å². The normalized spacial score (nSPS) is 29.2. The molecule has 0 unspecified atom stereocenters. The molecule has 0 aromatic rings. The molecule has 0 aliphatic heterocycles. The Morgan fingerprint density at radius 1 is 1.46 bits per heavy atom. The molecular formula is C9H18N2O2. The van der Waals surface area contributed by atoms with Gasteiger partial charge in [-0.1, -0.05) is 0 Å². The maximum absolute atomic E-state index is 10.5. The summed E-state index contributed by atoms with van der Waals surface area (Å²) < 4.78 is 0. The Morgan fingerprint density at radius 2 is 2.00 bits per heavy atom. The smallest absolute Gasteiger partial charge is 0.317 e. The van der Waals surface area contributed by atoms with E-state index in [1.165, 1.54) is 0 Å². The number of hydrogen-bond donors (Lipinski definition) is 2. The SMILES string of the molecule is CN(CC(=O)O)C1CCC(N)CC1. The van der Waals surface area contributed by atoms with Crippen molar-refractivity contribution in [3.05, 3.63) is 0 Å². The van der Waals surface area contributed by atoms with E-state index in [-0.39, 0.29) is 6.54 Å². The van der Waals surface area contributed by atoms with Crippen LogP contribution in [0.3, 0.4) is 0 Å². The first-order valence-electron chi connectivity index (χ1n) is 4.77. The summed E-state index contributed by atoms with van der Waals surface area (Å²) in [6, 6.07) is 0.741. The van der Waals surface area contributed by atoms with E-state index in [0.717, 1.165) is 25.7 Å². The van der Waals surface area contributed by atoms with Crippen LogP contribution in [0.2, 0.25) is 0 Å². The number of carbonyl (C=O) groups is 1. The second-order valence-electron chi connectivity index (χ2n) is 3.88. The van der Waals surface area contributed by atoms with Crippen molar-refractivity contribution in [3.63, 3.8) is 0 Å². The summed E-state index contributed by atoms with van der Waals surface area (Å²) in [7, 11) is 1.87. The zero-order valence-corrected chi connectivity index (χ0v) is 8.07. The molecule has 0 saturated heterocycles. The summed E-state index contributed by atoms with van der Waals surface area (Å²) >= 11 is 0. The van der Waals surface area contributed by atoms with E-state index in [0.29, 0.717) is 12.1 Å². The Hall–Kier alpha value is -0.610. The maximum Gasteiger partial charge on any atom is 0.317 e. The van der Waals surface area contributed by atoms with Crippen LogP contribution < -0.4 is 5.73 Å². The Kier molecular flexibility index (Phi) is 3.69. The zero-order valence-electron chi connectivity index (χ0n) is 8.07. The van der Waals surface area contributed by atoms with E-state index in [4.69, 9.17) is 10.8 Å². The zero-order chi connectivity index (χ0) is 9.84. The van der Waals surface area contributed by atoms with Crippen molar-refractivity contribution in [1.29, 1.82) is 0 Å². The molecule has 1 fully saturated rings. The highest BCUT2D eigenvalue weighted by Gasteiger charge is 2.22. The molecule has 3 N–H and O–H groups in total. The standard InChI is InChI=1S/C9H18N2O2/c1-11(6-9(12)13)8-4-2-7(10)3-5-8/h7-8H,2-6,10H2,1H3,(H,12,13). The van der Waals surface area contributed by atoms with Crippen LogP contribution in [0.4, 0.5) is 0 Å². The van der Waals surface area contributed by atoms with Crippen molar-refractivity contribution >= 4 is 5.97 Å². The van der Waals surface area contributed by atoms with Crippen LogP contribution in [0.15, 0.2) is 0 Å². The Labute approximate surface area is 78.7 Å². The van der Waals surface area contributed by atoms with Gasteiger partial charge >= 0.3 is 5.97 Å². The molecule has 0 bridgehead atoms. The van der Waals surface area contributed by atoms with E-state index in [2.05, 4.69) is 0 Å². The van der Waals surface area contributed by atoms with Gasteiger partial charge in [0.05, 0.1) is 6.54 Å². The average Bonchev–Trinajstić information content (AvgIpc) is 2.04.